The van der Waals surface area contributed by atoms with Crippen molar-refractivity contribution in [1.29, 1.82) is 0 Å². The number of rotatable bonds is 5. The predicted octanol–water partition coefficient (Wildman–Crippen LogP) is 2.56. The molecule has 5 atom stereocenters. The van der Waals surface area contributed by atoms with Crippen molar-refractivity contribution in [3.8, 4) is 0 Å². The Hall–Kier alpha value is -1.38. The number of carbonyl (C=O) groups is 1. The van der Waals surface area contributed by atoms with Gasteiger partial charge in [0.2, 0.25) is 0 Å². The molecule has 1 aliphatic carbocycles. The predicted molar refractivity (Wildman–Crippen MR) is 80.8 cm³/mol. The molecule has 3 aliphatic rings. The summed E-state index contributed by atoms with van der Waals surface area (Å²) in [5.41, 5.74) is -2.30. The van der Waals surface area contributed by atoms with Crippen LogP contribution < -0.4 is 0 Å². The van der Waals surface area contributed by atoms with Gasteiger partial charge in [-0.05, 0) is 20.3 Å². The van der Waals surface area contributed by atoms with E-state index in [-0.39, 0.29) is 12.2 Å². The summed E-state index contributed by atoms with van der Waals surface area (Å²) in [5, 5.41) is 0. The Morgan fingerprint density at radius 2 is 2.08 bits per heavy atom. The molecule has 0 aromatic carbocycles. The van der Waals surface area contributed by atoms with E-state index in [9.17, 15) is 18.0 Å². The first-order valence-corrected chi connectivity index (χ1v) is 7.98. The quantitative estimate of drug-likeness (QED) is 0.556. The van der Waals surface area contributed by atoms with Crippen LogP contribution in [0.1, 0.15) is 20.3 Å². The van der Waals surface area contributed by atoms with Crippen LogP contribution in [0.15, 0.2) is 23.5 Å². The normalized spacial score (nSPS) is 40.9. The molecule has 25 heavy (non-hydrogen) atoms. The van der Waals surface area contributed by atoms with Crippen molar-refractivity contribution in [3.63, 3.8) is 0 Å². The molecule has 0 N–H and O–H groups in total. The molecule has 1 spiro atoms. The van der Waals surface area contributed by atoms with Crippen molar-refractivity contribution in [2.75, 3.05) is 20.8 Å². The second-order valence-electron chi connectivity index (χ2n) is 6.84. The second kappa shape index (κ2) is 5.82. The van der Waals surface area contributed by atoms with Crippen LogP contribution in [-0.4, -0.2) is 56.2 Å². The van der Waals surface area contributed by atoms with Crippen molar-refractivity contribution in [3.05, 3.63) is 23.5 Å². The molecule has 2 aliphatic heterocycles. The van der Waals surface area contributed by atoms with Crippen LogP contribution in [0.2, 0.25) is 0 Å². The molecule has 8 heteroatoms. The largest absolute Gasteiger partial charge is 0.498 e. The van der Waals surface area contributed by atoms with E-state index in [0.29, 0.717) is 12.4 Å². The van der Waals surface area contributed by atoms with Gasteiger partial charge in [-0.1, -0.05) is 6.08 Å². The zero-order valence-electron chi connectivity index (χ0n) is 14.5. The minimum atomic E-state index is -4.35. The van der Waals surface area contributed by atoms with Crippen LogP contribution in [0.25, 0.3) is 0 Å². The van der Waals surface area contributed by atoms with Crippen molar-refractivity contribution in [2.24, 2.45) is 5.92 Å². The summed E-state index contributed by atoms with van der Waals surface area (Å²) in [5.74, 6) is -0.335. The Morgan fingerprint density at radius 3 is 2.56 bits per heavy atom. The fraction of sp³-hybridized carbons (Fsp3) is 0.706. The second-order valence-corrected chi connectivity index (χ2v) is 6.84. The number of methoxy groups -OCH3 is 2. The number of epoxide rings is 2. The first kappa shape index (κ1) is 18.4. The highest BCUT2D eigenvalue weighted by molar-refractivity contribution is 5.96. The minimum Gasteiger partial charge on any atom is -0.498 e. The lowest BCUT2D eigenvalue weighted by Crippen LogP contribution is -2.53. The number of ether oxygens (including phenoxy) is 4. The van der Waals surface area contributed by atoms with Gasteiger partial charge >= 0.3 is 6.18 Å². The number of alkyl halides is 3. The van der Waals surface area contributed by atoms with Crippen LogP contribution in [0.4, 0.5) is 13.2 Å². The van der Waals surface area contributed by atoms with Crippen molar-refractivity contribution in [2.45, 2.75) is 49.9 Å². The first-order chi connectivity index (χ1) is 11.6. The Bertz CT molecular complexity index is 635. The maximum absolute atomic E-state index is 12.6. The lowest BCUT2D eigenvalue weighted by molar-refractivity contribution is -0.134. The van der Waals surface area contributed by atoms with Gasteiger partial charge in [0.1, 0.15) is 17.5 Å². The summed E-state index contributed by atoms with van der Waals surface area (Å²) in [6.07, 6.45) is -3.00. The Labute approximate surface area is 143 Å². The Kier molecular flexibility index (Phi) is 4.29. The van der Waals surface area contributed by atoms with Crippen LogP contribution >= 0.6 is 0 Å². The minimum absolute atomic E-state index is 0.102. The molecule has 3 rings (SSSR count). The zero-order valence-corrected chi connectivity index (χ0v) is 14.5. The van der Waals surface area contributed by atoms with Gasteiger partial charge in [-0.3, -0.25) is 4.79 Å². The summed E-state index contributed by atoms with van der Waals surface area (Å²) >= 11 is 0. The third-order valence-corrected chi connectivity index (χ3v) is 5.39. The van der Waals surface area contributed by atoms with Gasteiger partial charge in [0.15, 0.2) is 11.4 Å². The summed E-state index contributed by atoms with van der Waals surface area (Å²) in [6.45, 7) is 3.16. The third-order valence-electron chi connectivity index (χ3n) is 5.39. The highest BCUT2D eigenvalue weighted by Gasteiger charge is 2.74. The molecule has 0 bridgehead atoms. The number of hydrogen-bond donors (Lipinski definition) is 0. The number of hydrogen-bond acceptors (Lipinski definition) is 5. The van der Waals surface area contributed by atoms with E-state index in [4.69, 9.17) is 18.9 Å². The van der Waals surface area contributed by atoms with Gasteiger partial charge in [-0.15, -0.1) is 0 Å². The number of ketones is 1. The van der Waals surface area contributed by atoms with Gasteiger partial charge in [0, 0.05) is 18.8 Å². The summed E-state index contributed by atoms with van der Waals surface area (Å²) in [7, 11) is 2.88. The smallest absolute Gasteiger partial charge is 0.412 e. The summed E-state index contributed by atoms with van der Waals surface area (Å²) in [4.78, 5) is 12.3. The Morgan fingerprint density at radius 1 is 1.44 bits per heavy atom. The average molecular weight is 362 g/mol. The van der Waals surface area contributed by atoms with Crippen molar-refractivity contribution in [1.82, 2.24) is 0 Å². The molecule has 5 unspecified atom stereocenters. The molecule has 5 nitrogen and oxygen atoms in total. The first-order valence-electron chi connectivity index (χ1n) is 7.98. The van der Waals surface area contributed by atoms with E-state index < -0.39 is 41.1 Å². The molecular formula is C17H21F3O5. The molecule has 0 aromatic rings. The van der Waals surface area contributed by atoms with E-state index in [2.05, 4.69) is 0 Å². The van der Waals surface area contributed by atoms with E-state index in [0.717, 1.165) is 13.0 Å². The van der Waals surface area contributed by atoms with E-state index in [1.807, 2.05) is 0 Å². The molecule has 0 saturated carbocycles. The molecule has 2 fully saturated rings. The van der Waals surface area contributed by atoms with E-state index >= 15 is 0 Å². The van der Waals surface area contributed by atoms with Crippen LogP contribution in [0, 0.1) is 5.92 Å². The van der Waals surface area contributed by atoms with Crippen LogP contribution in [0.3, 0.4) is 0 Å². The van der Waals surface area contributed by atoms with Gasteiger partial charge in [-0.25, -0.2) is 0 Å². The third kappa shape index (κ3) is 2.90. The zero-order chi connectivity index (χ0) is 18.6. The summed E-state index contributed by atoms with van der Waals surface area (Å²) in [6, 6.07) is 0. The Balaban J connectivity index is 1.83. The van der Waals surface area contributed by atoms with E-state index in [1.165, 1.54) is 20.3 Å². The lowest BCUT2D eigenvalue weighted by Gasteiger charge is -2.36. The molecular weight excluding hydrogens is 341 g/mol. The fourth-order valence-corrected chi connectivity index (χ4v) is 3.77. The fourth-order valence-electron chi connectivity index (χ4n) is 3.77. The lowest BCUT2D eigenvalue weighted by atomic mass is 9.71. The van der Waals surface area contributed by atoms with Gasteiger partial charge in [0.05, 0.1) is 25.7 Å². The van der Waals surface area contributed by atoms with Gasteiger partial charge < -0.3 is 18.9 Å². The molecule has 0 amide bonds. The van der Waals surface area contributed by atoms with Crippen molar-refractivity contribution >= 4 is 5.78 Å². The topological polar surface area (TPSA) is 60.6 Å². The highest BCUT2D eigenvalue weighted by atomic mass is 19.4. The van der Waals surface area contributed by atoms with Crippen LogP contribution in [0.5, 0.6) is 0 Å². The number of halogens is 3. The summed E-state index contributed by atoms with van der Waals surface area (Å²) < 4.78 is 60.0. The van der Waals surface area contributed by atoms with E-state index in [1.54, 1.807) is 6.92 Å². The van der Waals surface area contributed by atoms with Crippen LogP contribution in [-0.2, 0) is 23.7 Å². The molecule has 140 valence electrons. The average Bonchev–Trinajstić information content (AvgIpc) is 3.44. The maximum atomic E-state index is 12.6. The molecule has 0 aromatic heterocycles. The number of allylic oxidation sites excluding steroid dienone is 1. The van der Waals surface area contributed by atoms with Gasteiger partial charge in [-0.2, -0.15) is 13.2 Å². The van der Waals surface area contributed by atoms with Crippen molar-refractivity contribution < 1.29 is 36.9 Å². The molecule has 2 saturated heterocycles. The highest BCUT2D eigenvalue weighted by Crippen LogP contribution is 2.59. The molecule has 2 heterocycles. The standard InChI is InChI=1S/C17H21F3O5/c1-9(17(18,19)20)5-6-11-15(2,25-11)14-13(23-4)10(21)7-12(22-3)16(14)8-24-16/h5,7,11,13-14H,6,8H2,1-4H3. The monoisotopic (exact) mass is 362 g/mol. The maximum Gasteiger partial charge on any atom is 0.412 e. The molecule has 0 radical (unpaired) electrons. The van der Waals surface area contributed by atoms with Gasteiger partial charge in [0.25, 0.3) is 0 Å². The SMILES string of the molecule is COC1=CC(=O)C(OC)C(C2(C)OC2CC=C(C)C(F)(F)F)C12CO2. The number of carbonyl (C=O) groups excluding carboxylic acids is 1.